The molecule has 38 heavy (non-hydrogen) atoms. The van der Waals surface area contributed by atoms with Crippen LogP contribution in [0.5, 0.6) is 0 Å². The van der Waals surface area contributed by atoms with Crippen LogP contribution in [0.2, 0.25) is 0 Å². The first-order valence-electron chi connectivity index (χ1n) is 12.7. The highest BCUT2D eigenvalue weighted by atomic mass is 32.1. The van der Waals surface area contributed by atoms with E-state index in [-0.39, 0.29) is 25.3 Å². The Morgan fingerprint density at radius 2 is 1.97 bits per heavy atom. The van der Waals surface area contributed by atoms with E-state index in [2.05, 4.69) is 28.5 Å². The van der Waals surface area contributed by atoms with Crippen LogP contribution in [0.3, 0.4) is 0 Å². The van der Waals surface area contributed by atoms with Crippen LogP contribution >= 0.6 is 11.3 Å². The third kappa shape index (κ3) is 4.00. The van der Waals surface area contributed by atoms with E-state index in [9.17, 15) is 14.7 Å². The maximum absolute atomic E-state index is 15.2. The third-order valence-corrected chi connectivity index (χ3v) is 9.01. The van der Waals surface area contributed by atoms with Crippen LogP contribution in [0.1, 0.15) is 83.7 Å². The SMILES string of the molecule is C.CC1c2ccsc2CCN1C(=O)c1cc(C2CC2)n2nc(-c3ccc(C4C[C@H]4C(=O)O)cc3F)cc2n1. The molecule has 0 spiro atoms. The molecule has 1 aromatic carbocycles. The zero-order chi connectivity index (χ0) is 25.4. The van der Waals surface area contributed by atoms with Gasteiger partial charge in [0.2, 0.25) is 0 Å². The van der Waals surface area contributed by atoms with Gasteiger partial charge in [0, 0.05) is 34.7 Å². The van der Waals surface area contributed by atoms with Crippen molar-refractivity contribution < 1.29 is 19.1 Å². The smallest absolute Gasteiger partial charge is 0.307 e. The Labute approximate surface area is 223 Å². The number of aliphatic carboxylic acids is 1. The number of rotatable bonds is 5. The molecule has 2 unspecified atom stereocenters. The summed E-state index contributed by atoms with van der Waals surface area (Å²) in [6.45, 7) is 2.72. The lowest BCUT2D eigenvalue weighted by molar-refractivity contribution is -0.138. The zero-order valence-electron chi connectivity index (χ0n) is 20.2. The van der Waals surface area contributed by atoms with Gasteiger partial charge in [0.15, 0.2) is 5.65 Å². The number of nitrogens with zero attached hydrogens (tertiary/aromatic N) is 4. The van der Waals surface area contributed by atoms with Crippen molar-refractivity contribution in [3.8, 4) is 11.3 Å². The van der Waals surface area contributed by atoms with Crippen molar-refractivity contribution in [3.05, 3.63) is 75.0 Å². The van der Waals surface area contributed by atoms with Crippen molar-refractivity contribution in [1.29, 1.82) is 0 Å². The molecule has 7 nitrogen and oxygen atoms in total. The maximum Gasteiger partial charge on any atom is 0.307 e. The predicted octanol–water partition coefficient (Wildman–Crippen LogP) is 6.06. The minimum absolute atomic E-state index is 0. The fourth-order valence-corrected chi connectivity index (χ4v) is 6.61. The van der Waals surface area contributed by atoms with E-state index in [0.717, 1.165) is 25.0 Å². The first-order valence-corrected chi connectivity index (χ1v) is 13.6. The number of hydrogen-bond donors (Lipinski definition) is 1. The highest BCUT2D eigenvalue weighted by molar-refractivity contribution is 7.10. The van der Waals surface area contributed by atoms with Crippen LogP contribution in [0.25, 0.3) is 16.9 Å². The minimum Gasteiger partial charge on any atom is -0.481 e. The van der Waals surface area contributed by atoms with Gasteiger partial charge >= 0.3 is 5.97 Å². The van der Waals surface area contributed by atoms with Crippen LogP contribution < -0.4 is 0 Å². The molecular weight excluding hydrogens is 503 g/mol. The van der Waals surface area contributed by atoms with E-state index < -0.39 is 17.7 Å². The van der Waals surface area contributed by atoms with Crippen LogP contribution in [0.15, 0.2) is 41.8 Å². The van der Waals surface area contributed by atoms with Crippen molar-refractivity contribution >= 4 is 28.9 Å². The molecule has 1 amide bonds. The van der Waals surface area contributed by atoms with Crippen molar-refractivity contribution in [2.45, 2.75) is 57.9 Å². The Kier molecular flexibility index (Phi) is 5.86. The average Bonchev–Trinajstić information content (AvgIpc) is 3.79. The molecule has 3 aromatic heterocycles. The normalized spacial score (nSPS) is 22.2. The zero-order valence-corrected chi connectivity index (χ0v) is 21.0. The van der Waals surface area contributed by atoms with Gasteiger partial charge in [0.1, 0.15) is 11.5 Å². The van der Waals surface area contributed by atoms with Crippen molar-refractivity contribution in [1.82, 2.24) is 19.5 Å². The van der Waals surface area contributed by atoms with Gasteiger partial charge in [0.05, 0.1) is 17.7 Å². The molecular formula is C29H29FN4O3S. The number of fused-ring (bicyclic) bond motifs is 2. The molecule has 2 saturated carbocycles. The van der Waals surface area contributed by atoms with Gasteiger partial charge in [-0.1, -0.05) is 13.5 Å². The Hall–Kier alpha value is -3.59. The molecule has 2 fully saturated rings. The van der Waals surface area contributed by atoms with Crippen LogP contribution in [-0.4, -0.2) is 43.0 Å². The van der Waals surface area contributed by atoms with Crippen molar-refractivity contribution in [3.63, 3.8) is 0 Å². The summed E-state index contributed by atoms with van der Waals surface area (Å²) in [5.74, 6) is -1.63. The van der Waals surface area contributed by atoms with Gasteiger partial charge in [-0.2, -0.15) is 5.10 Å². The monoisotopic (exact) mass is 532 g/mol. The molecule has 196 valence electrons. The summed E-state index contributed by atoms with van der Waals surface area (Å²) in [6.07, 6.45) is 3.43. The van der Waals surface area contributed by atoms with Crippen LogP contribution in [0, 0.1) is 11.7 Å². The standard InChI is InChI=1S/C28H25FN4O3S.CH4/c1-14-17-7-9-37-25(17)6-8-32(14)27(34)23-12-24(15-2-3-15)33-26(30-23)13-22(31-33)18-5-4-16(10-21(18)29)19-11-20(19)28(35)36;/h4-5,7,9-10,12-15,19-20H,2-3,6,8,11H2,1H3,(H,35,36);1H4/t14?,19?,20-;/m1./s1. The third-order valence-electron chi connectivity index (χ3n) is 8.01. The summed E-state index contributed by atoms with van der Waals surface area (Å²) in [7, 11) is 0. The Morgan fingerprint density at radius 3 is 2.68 bits per heavy atom. The molecule has 0 radical (unpaired) electrons. The number of hydrogen-bond acceptors (Lipinski definition) is 5. The topological polar surface area (TPSA) is 87.8 Å². The van der Waals surface area contributed by atoms with Gasteiger partial charge in [-0.05, 0) is 79.3 Å². The molecule has 1 aliphatic heterocycles. The summed E-state index contributed by atoms with van der Waals surface area (Å²) in [5, 5.41) is 16.0. The fourth-order valence-electron chi connectivity index (χ4n) is 5.65. The van der Waals surface area contributed by atoms with Gasteiger partial charge in [-0.3, -0.25) is 9.59 Å². The number of carboxylic acid groups (broad SMARTS) is 1. The van der Waals surface area contributed by atoms with Crippen molar-refractivity contribution in [2.24, 2.45) is 5.92 Å². The largest absolute Gasteiger partial charge is 0.481 e. The van der Waals surface area contributed by atoms with Gasteiger partial charge in [-0.15, -0.1) is 11.3 Å². The molecule has 4 aromatic rings. The summed E-state index contributed by atoms with van der Waals surface area (Å²) in [6, 6.07) is 10.6. The van der Waals surface area contributed by atoms with E-state index in [1.54, 1.807) is 34.1 Å². The lowest BCUT2D eigenvalue weighted by Gasteiger charge is -2.33. The van der Waals surface area contributed by atoms with Crippen LogP contribution in [0.4, 0.5) is 4.39 Å². The number of thiophene rings is 1. The van der Waals surface area contributed by atoms with E-state index in [0.29, 0.717) is 47.0 Å². The van der Waals surface area contributed by atoms with E-state index >= 15 is 4.39 Å². The van der Waals surface area contributed by atoms with E-state index in [4.69, 9.17) is 0 Å². The molecule has 7 rings (SSSR count). The quantitative estimate of drug-likeness (QED) is 0.338. The highest BCUT2D eigenvalue weighted by Gasteiger charge is 2.44. The van der Waals surface area contributed by atoms with Gasteiger partial charge in [0.25, 0.3) is 5.91 Å². The number of amides is 1. The number of carbonyl (C=O) groups is 2. The number of carbonyl (C=O) groups excluding carboxylic acids is 1. The number of aromatic nitrogens is 3. The highest BCUT2D eigenvalue weighted by Crippen LogP contribution is 2.48. The maximum atomic E-state index is 15.2. The fraction of sp³-hybridized carbons (Fsp3) is 0.379. The van der Waals surface area contributed by atoms with E-state index in [1.807, 2.05) is 11.0 Å². The number of carboxylic acids is 1. The minimum atomic E-state index is -0.839. The van der Waals surface area contributed by atoms with Gasteiger partial charge < -0.3 is 10.0 Å². The number of benzene rings is 1. The molecule has 9 heteroatoms. The lowest BCUT2D eigenvalue weighted by Crippen LogP contribution is -2.38. The lowest BCUT2D eigenvalue weighted by atomic mass is 10.0. The molecule has 0 saturated heterocycles. The Morgan fingerprint density at radius 1 is 1.16 bits per heavy atom. The summed E-state index contributed by atoms with van der Waals surface area (Å²) < 4.78 is 16.9. The predicted molar refractivity (Wildman–Crippen MR) is 143 cm³/mol. The van der Waals surface area contributed by atoms with Gasteiger partial charge in [-0.25, -0.2) is 13.9 Å². The average molecular weight is 533 g/mol. The second-order valence-electron chi connectivity index (χ2n) is 10.4. The summed E-state index contributed by atoms with van der Waals surface area (Å²) in [4.78, 5) is 32.8. The molecule has 2 aliphatic carbocycles. The second kappa shape index (κ2) is 9.01. The Bertz CT molecular complexity index is 1590. The molecule has 3 atom stereocenters. The molecule has 1 N–H and O–H groups in total. The summed E-state index contributed by atoms with van der Waals surface area (Å²) in [5.41, 5.74) is 4.55. The first-order chi connectivity index (χ1) is 17.9. The first kappa shape index (κ1) is 24.7. The summed E-state index contributed by atoms with van der Waals surface area (Å²) >= 11 is 1.74. The number of halogens is 1. The molecule has 0 bridgehead atoms. The van der Waals surface area contributed by atoms with E-state index in [1.165, 1.54) is 16.5 Å². The Balaban J connectivity index is 0.00000264. The molecule has 3 aliphatic rings. The van der Waals surface area contributed by atoms with Crippen LogP contribution in [-0.2, 0) is 11.2 Å². The van der Waals surface area contributed by atoms with Crippen molar-refractivity contribution in [2.75, 3.05) is 6.54 Å². The molecule has 4 heterocycles. The second-order valence-corrected chi connectivity index (χ2v) is 11.4.